The molecule has 3 rings (SSSR count). The minimum absolute atomic E-state index is 0.164. The number of thiazole rings is 1. The van der Waals surface area contributed by atoms with Gasteiger partial charge in [-0.3, -0.25) is 4.79 Å². The first-order chi connectivity index (χ1) is 7.75. The maximum Gasteiger partial charge on any atom is 0.307 e. The first kappa shape index (κ1) is 10.3. The molecule has 2 saturated carbocycles. The van der Waals surface area contributed by atoms with Crippen molar-refractivity contribution in [3.63, 3.8) is 0 Å². The van der Waals surface area contributed by atoms with Gasteiger partial charge in [-0.1, -0.05) is 12.8 Å². The minimum atomic E-state index is -0.664. The summed E-state index contributed by atoms with van der Waals surface area (Å²) in [4.78, 5) is 15.4. The number of carboxylic acid groups (broad SMARTS) is 1. The second kappa shape index (κ2) is 3.84. The summed E-state index contributed by atoms with van der Waals surface area (Å²) in [5.41, 5.74) is 1.22. The Labute approximate surface area is 98.5 Å². The molecule has 0 amide bonds. The fourth-order valence-corrected chi connectivity index (χ4v) is 3.70. The largest absolute Gasteiger partial charge is 0.481 e. The normalized spacial score (nSPS) is 29.5. The van der Waals surface area contributed by atoms with Gasteiger partial charge in [-0.2, -0.15) is 0 Å². The van der Waals surface area contributed by atoms with Crippen molar-refractivity contribution in [3.8, 4) is 0 Å². The fourth-order valence-electron chi connectivity index (χ4n) is 2.62. The fraction of sp³-hybridized carbons (Fsp3) is 0.667. The molecule has 0 saturated heterocycles. The van der Waals surface area contributed by atoms with Gasteiger partial charge in [0, 0.05) is 17.2 Å². The molecule has 2 fully saturated rings. The predicted molar refractivity (Wildman–Crippen MR) is 61.8 cm³/mol. The Kier molecular flexibility index (Phi) is 2.46. The molecule has 86 valence electrons. The molecular weight excluding hydrogens is 222 g/mol. The molecule has 16 heavy (non-hydrogen) atoms. The average Bonchev–Trinajstić information content (AvgIpc) is 2.72. The molecule has 1 N–H and O–H groups in total. The zero-order valence-corrected chi connectivity index (χ0v) is 9.87. The number of hydrogen-bond donors (Lipinski definition) is 1. The number of carbonyl (C=O) groups is 1. The predicted octanol–water partition coefficient (Wildman–Crippen LogP) is 2.99. The highest BCUT2D eigenvalue weighted by atomic mass is 32.1. The van der Waals surface area contributed by atoms with Gasteiger partial charge in [0.1, 0.15) is 0 Å². The van der Waals surface area contributed by atoms with Gasteiger partial charge in [0.15, 0.2) is 0 Å². The van der Waals surface area contributed by atoms with Crippen LogP contribution in [-0.4, -0.2) is 16.1 Å². The molecule has 0 bridgehead atoms. The third kappa shape index (κ3) is 1.75. The van der Waals surface area contributed by atoms with Crippen LogP contribution in [0.2, 0.25) is 0 Å². The Bertz CT molecular complexity index is 409. The Balaban J connectivity index is 1.71. The van der Waals surface area contributed by atoms with Crippen molar-refractivity contribution in [2.75, 3.05) is 0 Å². The standard InChI is InChI=1S/C12H15NO2S/c14-12(15)9-5-8(9)11-13-10(6-16-11)7-3-1-2-4-7/h6-9H,1-5H2,(H,14,15). The Morgan fingerprint density at radius 1 is 1.44 bits per heavy atom. The lowest BCUT2D eigenvalue weighted by atomic mass is 10.1. The van der Waals surface area contributed by atoms with E-state index >= 15 is 0 Å². The van der Waals surface area contributed by atoms with Crippen LogP contribution in [-0.2, 0) is 4.79 Å². The summed E-state index contributed by atoms with van der Waals surface area (Å²) >= 11 is 1.65. The van der Waals surface area contributed by atoms with Crippen LogP contribution in [0.15, 0.2) is 5.38 Å². The number of hydrogen-bond acceptors (Lipinski definition) is 3. The Morgan fingerprint density at radius 3 is 2.81 bits per heavy atom. The summed E-state index contributed by atoms with van der Waals surface area (Å²) < 4.78 is 0. The molecule has 0 aromatic carbocycles. The first-order valence-electron chi connectivity index (χ1n) is 5.94. The van der Waals surface area contributed by atoms with E-state index in [2.05, 4.69) is 10.4 Å². The lowest BCUT2D eigenvalue weighted by molar-refractivity contribution is -0.138. The second-order valence-electron chi connectivity index (χ2n) is 4.88. The molecule has 0 radical (unpaired) electrons. The third-order valence-corrected chi connectivity index (χ3v) is 4.73. The van der Waals surface area contributed by atoms with E-state index in [9.17, 15) is 4.79 Å². The first-order valence-corrected chi connectivity index (χ1v) is 6.82. The SMILES string of the molecule is O=C(O)C1CC1c1nc(C2CCCC2)cs1. The van der Waals surface area contributed by atoms with Crippen molar-refractivity contribution in [3.05, 3.63) is 16.1 Å². The van der Waals surface area contributed by atoms with Crippen molar-refractivity contribution < 1.29 is 9.90 Å². The number of nitrogens with zero attached hydrogens (tertiary/aromatic N) is 1. The van der Waals surface area contributed by atoms with Gasteiger partial charge in [0.05, 0.1) is 16.6 Å². The van der Waals surface area contributed by atoms with E-state index in [0.29, 0.717) is 5.92 Å². The summed E-state index contributed by atoms with van der Waals surface area (Å²) in [7, 11) is 0. The molecule has 4 heteroatoms. The Hall–Kier alpha value is -0.900. The maximum atomic E-state index is 10.8. The number of carboxylic acids is 1. The van der Waals surface area contributed by atoms with E-state index in [-0.39, 0.29) is 11.8 Å². The van der Waals surface area contributed by atoms with Crippen molar-refractivity contribution in [2.24, 2.45) is 5.92 Å². The molecule has 2 aliphatic rings. The summed E-state index contributed by atoms with van der Waals surface area (Å²) in [6, 6.07) is 0. The van der Waals surface area contributed by atoms with E-state index in [1.165, 1.54) is 31.4 Å². The van der Waals surface area contributed by atoms with Crippen molar-refractivity contribution in [2.45, 2.75) is 43.9 Å². The maximum absolute atomic E-state index is 10.8. The van der Waals surface area contributed by atoms with Crippen LogP contribution < -0.4 is 0 Å². The van der Waals surface area contributed by atoms with Gasteiger partial charge in [-0.15, -0.1) is 11.3 Å². The van der Waals surface area contributed by atoms with Gasteiger partial charge >= 0.3 is 5.97 Å². The number of rotatable bonds is 3. The highest BCUT2D eigenvalue weighted by Crippen LogP contribution is 2.49. The van der Waals surface area contributed by atoms with Crippen molar-refractivity contribution in [1.82, 2.24) is 4.98 Å². The van der Waals surface area contributed by atoms with Gasteiger partial charge in [0.2, 0.25) is 0 Å². The molecule has 2 unspecified atom stereocenters. The van der Waals surface area contributed by atoms with E-state index < -0.39 is 5.97 Å². The van der Waals surface area contributed by atoms with Crippen LogP contribution in [0.5, 0.6) is 0 Å². The summed E-state index contributed by atoms with van der Waals surface area (Å²) in [5.74, 6) is 0.0230. The summed E-state index contributed by atoms with van der Waals surface area (Å²) in [6.07, 6.45) is 5.94. The van der Waals surface area contributed by atoms with Crippen LogP contribution in [0, 0.1) is 5.92 Å². The van der Waals surface area contributed by atoms with E-state index in [0.717, 1.165) is 11.4 Å². The van der Waals surface area contributed by atoms with Crippen LogP contribution >= 0.6 is 11.3 Å². The topological polar surface area (TPSA) is 50.2 Å². The zero-order valence-electron chi connectivity index (χ0n) is 9.06. The third-order valence-electron chi connectivity index (χ3n) is 3.74. The number of aromatic nitrogens is 1. The molecular formula is C12H15NO2S. The molecule has 1 heterocycles. The van der Waals surface area contributed by atoms with Gasteiger partial charge < -0.3 is 5.11 Å². The summed E-state index contributed by atoms with van der Waals surface area (Å²) in [5, 5.41) is 12.1. The molecule has 2 aliphatic carbocycles. The minimum Gasteiger partial charge on any atom is -0.481 e. The van der Waals surface area contributed by atoms with E-state index in [1.54, 1.807) is 11.3 Å². The molecule has 1 aromatic rings. The number of aliphatic carboxylic acids is 1. The van der Waals surface area contributed by atoms with Gasteiger partial charge in [0.25, 0.3) is 0 Å². The average molecular weight is 237 g/mol. The van der Waals surface area contributed by atoms with Gasteiger partial charge in [-0.05, 0) is 19.3 Å². The van der Waals surface area contributed by atoms with E-state index in [1.807, 2.05) is 0 Å². The highest BCUT2D eigenvalue weighted by Gasteiger charge is 2.46. The van der Waals surface area contributed by atoms with Crippen molar-refractivity contribution in [1.29, 1.82) is 0 Å². The molecule has 1 aromatic heterocycles. The second-order valence-corrected chi connectivity index (χ2v) is 5.77. The van der Waals surface area contributed by atoms with E-state index in [4.69, 9.17) is 5.11 Å². The highest BCUT2D eigenvalue weighted by molar-refractivity contribution is 7.09. The monoisotopic (exact) mass is 237 g/mol. The van der Waals surface area contributed by atoms with Crippen LogP contribution in [0.4, 0.5) is 0 Å². The lowest BCUT2D eigenvalue weighted by Gasteiger charge is -2.02. The zero-order chi connectivity index (χ0) is 11.1. The van der Waals surface area contributed by atoms with Crippen LogP contribution in [0.3, 0.4) is 0 Å². The Morgan fingerprint density at radius 2 is 2.19 bits per heavy atom. The van der Waals surface area contributed by atoms with Crippen LogP contribution in [0.1, 0.15) is 54.6 Å². The van der Waals surface area contributed by atoms with Crippen LogP contribution in [0.25, 0.3) is 0 Å². The lowest BCUT2D eigenvalue weighted by Crippen LogP contribution is -1.99. The van der Waals surface area contributed by atoms with Crippen molar-refractivity contribution >= 4 is 17.3 Å². The molecule has 3 nitrogen and oxygen atoms in total. The smallest absolute Gasteiger partial charge is 0.307 e. The molecule has 0 aliphatic heterocycles. The molecule has 0 spiro atoms. The quantitative estimate of drug-likeness (QED) is 0.879. The van der Waals surface area contributed by atoms with Gasteiger partial charge in [-0.25, -0.2) is 4.98 Å². The summed E-state index contributed by atoms with van der Waals surface area (Å²) in [6.45, 7) is 0. The molecule has 2 atom stereocenters.